The van der Waals surface area contributed by atoms with E-state index in [0.29, 0.717) is 25.3 Å². The number of nitro benzene ring substituents is 1. The van der Waals surface area contributed by atoms with Crippen LogP contribution in [0.25, 0.3) is 0 Å². The van der Waals surface area contributed by atoms with Gasteiger partial charge in [0.15, 0.2) is 0 Å². The monoisotopic (exact) mass is 300 g/mol. The summed E-state index contributed by atoms with van der Waals surface area (Å²) in [6.45, 7) is 2.85. The van der Waals surface area contributed by atoms with Crippen LogP contribution in [0.2, 0.25) is 0 Å². The third-order valence-corrected chi connectivity index (χ3v) is 3.51. The molecule has 21 heavy (non-hydrogen) atoms. The maximum Gasteiger partial charge on any atom is 0.307 e. The molecule has 2 rings (SSSR count). The molecule has 0 aliphatic carbocycles. The van der Waals surface area contributed by atoms with Crippen molar-refractivity contribution in [3.63, 3.8) is 0 Å². The molecule has 0 saturated carbocycles. The first-order chi connectivity index (χ1) is 9.90. The highest BCUT2D eigenvalue weighted by atomic mass is 19.1. The van der Waals surface area contributed by atoms with Gasteiger partial charge in [0.1, 0.15) is 5.82 Å². The highest BCUT2D eigenvalue weighted by Gasteiger charge is 2.26. The van der Waals surface area contributed by atoms with Gasteiger partial charge in [0.2, 0.25) is 5.82 Å². The third-order valence-electron chi connectivity index (χ3n) is 3.51. The third kappa shape index (κ3) is 3.33. The molecule has 0 unspecified atom stereocenters. The average Bonchev–Trinajstić information content (AvgIpc) is 2.94. The molecule has 0 spiro atoms. The minimum atomic E-state index is -1.25. The number of nitrogens with one attached hydrogen (secondary N) is 1. The molecule has 1 aliphatic rings. The summed E-state index contributed by atoms with van der Waals surface area (Å²) in [5, 5.41) is 13.1. The van der Waals surface area contributed by atoms with Crippen LogP contribution in [0.15, 0.2) is 12.1 Å². The van der Waals surface area contributed by atoms with Crippen molar-refractivity contribution < 1.29 is 23.2 Å². The molecule has 0 bridgehead atoms. The Morgan fingerprint density at radius 3 is 2.76 bits per heavy atom. The summed E-state index contributed by atoms with van der Waals surface area (Å²) >= 11 is 0. The molecule has 1 aromatic carbocycles. The van der Waals surface area contributed by atoms with E-state index >= 15 is 0 Å². The molecule has 1 amide bonds. The number of benzene rings is 1. The highest BCUT2D eigenvalue weighted by Crippen LogP contribution is 2.22. The number of carbonyl (C=O) groups excluding carboxylic acids is 1. The Morgan fingerprint density at radius 2 is 2.19 bits per heavy atom. The first kappa shape index (κ1) is 15.3. The molecule has 0 radical (unpaired) electrons. The Kier molecular flexibility index (Phi) is 4.46. The molecule has 1 fully saturated rings. The average molecular weight is 300 g/mol. The zero-order valence-corrected chi connectivity index (χ0v) is 11.3. The van der Waals surface area contributed by atoms with Crippen molar-refractivity contribution in [3.8, 4) is 0 Å². The second-order valence-electron chi connectivity index (χ2n) is 4.93. The number of carbonyl (C=O) groups is 1. The topological polar surface area (TPSA) is 81.5 Å². The van der Waals surface area contributed by atoms with E-state index in [-0.39, 0.29) is 12.0 Å². The standard InChI is InChI=1S/C13H14F2N2O4/c1-7(8-2-3-21-6-8)16-13(18)9-4-11(15)12(17(19)20)5-10(9)14/h4-5,7-8H,2-3,6H2,1H3,(H,16,18)/t7-,8-/m0/s1. The van der Waals surface area contributed by atoms with Crippen LogP contribution in [0.3, 0.4) is 0 Å². The molecule has 114 valence electrons. The predicted octanol–water partition coefficient (Wildman–Crippen LogP) is 2.03. The van der Waals surface area contributed by atoms with E-state index in [1.165, 1.54) is 0 Å². The van der Waals surface area contributed by atoms with Gasteiger partial charge in [-0.1, -0.05) is 0 Å². The highest BCUT2D eigenvalue weighted by molar-refractivity contribution is 5.95. The summed E-state index contributed by atoms with van der Waals surface area (Å²) in [4.78, 5) is 21.4. The molecule has 6 nitrogen and oxygen atoms in total. The molecule has 8 heteroatoms. The Morgan fingerprint density at radius 1 is 1.48 bits per heavy atom. The number of amides is 1. The van der Waals surface area contributed by atoms with E-state index in [1.54, 1.807) is 6.92 Å². The number of nitrogens with zero attached hydrogens (tertiary/aromatic N) is 1. The fourth-order valence-electron chi connectivity index (χ4n) is 2.20. The second-order valence-corrected chi connectivity index (χ2v) is 4.93. The number of nitro groups is 1. The Labute approximate surface area is 119 Å². The number of ether oxygens (including phenoxy) is 1. The molecule has 2 atom stereocenters. The fraction of sp³-hybridized carbons (Fsp3) is 0.462. The van der Waals surface area contributed by atoms with Crippen molar-refractivity contribution in [2.45, 2.75) is 19.4 Å². The quantitative estimate of drug-likeness (QED) is 0.681. The lowest BCUT2D eigenvalue weighted by molar-refractivity contribution is -0.387. The maximum atomic E-state index is 13.7. The predicted molar refractivity (Wildman–Crippen MR) is 68.9 cm³/mol. The molecule has 1 aliphatic heterocycles. The van der Waals surface area contributed by atoms with Crippen molar-refractivity contribution in [1.82, 2.24) is 5.32 Å². The van der Waals surface area contributed by atoms with Gasteiger partial charge in [-0.15, -0.1) is 0 Å². The molecular weight excluding hydrogens is 286 g/mol. The van der Waals surface area contributed by atoms with Crippen LogP contribution < -0.4 is 5.32 Å². The Bertz CT molecular complexity index is 574. The van der Waals surface area contributed by atoms with Crippen LogP contribution in [0, 0.1) is 27.7 Å². The minimum Gasteiger partial charge on any atom is -0.381 e. The lowest BCUT2D eigenvalue weighted by Crippen LogP contribution is -2.38. The SMILES string of the molecule is C[C@H](NC(=O)c1cc(F)c([N+](=O)[O-])cc1F)[C@H]1CCOC1. The van der Waals surface area contributed by atoms with Crippen molar-refractivity contribution in [3.05, 3.63) is 39.4 Å². The first-order valence-electron chi connectivity index (χ1n) is 6.42. The van der Waals surface area contributed by atoms with Gasteiger partial charge < -0.3 is 10.1 Å². The van der Waals surface area contributed by atoms with Crippen molar-refractivity contribution in [2.24, 2.45) is 5.92 Å². The summed E-state index contributed by atoms with van der Waals surface area (Å²) in [6.07, 6.45) is 0.776. The zero-order chi connectivity index (χ0) is 15.6. The Hall–Kier alpha value is -2.09. The van der Waals surface area contributed by atoms with Crippen LogP contribution in [0.1, 0.15) is 23.7 Å². The smallest absolute Gasteiger partial charge is 0.307 e. The number of hydrogen-bond acceptors (Lipinski definition) is 4. The van der Waals surface area contributed by atoms with Crippen molar-refractivity contribution >= 4 is 11.6 Å². The van der Waals surface area contributed by atoms with E-state index in [9.17, 15) is 23.7 Å². The van der Waals surface area contributed by atoms with Crippen LogP contribution in [-0.4, -0.2) is 30.1 Å². The van der Waals surface area contributed by atoms with Crippen LogP contribution >= 0.6 is 0 Å². The Balaban J connectivity index is 2.15. The number of rotatable bonds is 4. The van der Waals surface area contributed by atoms with E-state index < -0.39 is 33.7 Å². The van der Waals surface area contributed by atoms with Crippen LogP contribution in [0.5, 0.6) is 0 Å². The number of halogens is 2. The fourth-order valence-corrected chi connectivity index (χ4v) is 2.20. The number of hydrogen-bond donors (Lipinski definition) is 1. The minimum absolute atomic E-state index is 0.111. The zero-order valence-electron chi connectivity index (χ0n) is 11.3. The van der Waals surface area contributed by atoms with Gasteiger partial charge in [-0.25, -0.2) is 4.39 Å². The largest absolute Gasteiger partial charge is 0.381 e. The molecule has 1 heterocycles. The maximum absolute atomic E-state index is 13.7. The van der Waals surface area contributed by atoms with E-state index in [4.69, 9.17) is 4.74 Å². The molecule has 1 N–H and O–H groups in total. The summed E-state index contributed by atoms with van der Waals surface area (Å²) in [5.74, 6) is -3.07. The second kappa shape index (κ2) is 6.13. The first-order valence-corrected chi connectivity index (χ1v) is 6.42. The van der Waals surface area contributed by atoms with Gasteiger partial charge >= 0.3 is 5.69 Å². The molecular formula is C13H14F2N2O4. The van der Waals surface area contributed by atoms with E-state index in [1.807, 2.05) is 0 Å². The van der Waals surface area contributed by atoms with Crippen molar-refractivity contribution in [2.75, 3.05) is 13.2 Å². The van der Waals surface area contributed by atoms with Gasteiger partial charge in [0.05, 0.1) is 23.2 Å². The van der Waals surface area contributed by atoms with Gasteiger partial charge in [0, 0.05) is 18.6 Å². The molecule has 1 aromatic rings. The van der Waals surface area contributed by atoms with Gasteiger partial charge in [-0.05, 0) is 19.4 Å². The molecule has 0 aromatic heterocycles. The molecule has 1 saturated heterocycles. The lowest BCUT2D eigenvalue weighted by atomic mass is 10.0. The van der Waals surface area contributed by atoms with Crippen molar-refractivity contribution in [1.29, 1.82) is 0 Å². The van der Waals surface area contributed by atoms with Crippen LogP contribution in [-0.2, 0) is 4.74 Å². The van der Waals surface area contributed by atoms with Gasteiger partial charge in [-0.3, -0.25) is 14.9 Å². The van der Waals surface area contributed by atoms with Crippen LogP contribution in [0.4, 0.5) is 14.5 Å². The summed E-state index contributed by atoms with van der Waals surface area (Å²) in [7, 11) is 0. The summed E-state index contributed by atoms with van der Waals surface area (Å²) in [5.41, 5.74) is -1.55. The summed E-state index contributed by atoms with van der Waals surface area (Å²) in [6, 6.07) is 0.687. The lowest BCUT2D eigenvalue weighted by Gasteiger charge is -2.19. The van der Waals surface area contributed by atoms with Gasteiger partial charge in [-0.2, -0.15) is 4.39 Å². The normalized spacial score (nSPS) is 19.3. The van der Waals surface area contributed by atoms with E-state index in [2.05, 4.69) is 5.32 Å². The van der Waals surface area contributed by atoms with E-state index in [0.717, 1.165) is 6.42 Å². The summed E-state index contributed by atoms with van der Waals surface area (Å²) < 4.78 is 32.4. The van der Waals surface area contributed by atoms with Gasteiger partial charge in [0.25, 0.3) is 5.91 Å².